The van der Waals surface area contributed by atoms with Crippen molar-refractivity contribution in [2.75, 3.05) is 33.0 Å². The zero-order valence-electron chi connectivity index (χ0n) is 25.2. The van der Waals surface area contributed by atoms with Crippen LogP contribution in [-0.4, -0.2) is 56.9 Å². The zero-order chi connectivity index (χ0) is 27.8. The van der Waals surface area contributed by atoms with E-state index in [4.69, 9.17) is 24.9 Å². The number of hydrogen-bond acceptors (Lipinski definition) is 5. The maximum absolute atomic E-state index is 9.26. The average molecular weight is 567 g/mol. The molecule has 0 aliphatic heterocycles. The van der Waals surface area contributed by atoms with Crippen LogP contribution in [0, 0.1) is 11.8 Å². The van der Waals surface area contributed by atoms with Gasteiger partial charge in [-0.2, -0.15) is 0 Å². The molecule has 3 unspecified atom stereocenters. The molecule has 0 rings (SSSR count). The number of halogens is 1. The van der Waals surface area contributed by atoms with Crippen LogP contribution in [0.4, 0.5) is 0 Å². The first-order valence-electron chi connectivity index (χ1n) is 15.6. The molecule has 0 amide bonds. The lowest BCUT2D eigenvalue weighted by Crippen LogP contribution is -2.49. The number of aliphatic hydroxyl groups is 2. The van der Waals surface area contributed by atoms with Crippen molar-refractivity contribution in [3.8, 4) is 0 Å². The number of rotatable bonds is 28. The Balaban J connectivity index is 4.19. The van der Waals surface area contributed by atoms with Gasteiger partial charge in [-0.3, -0.25) is 0 Å². The van der Waals surface area contributed by atoms with Gasteiger partial charge < -0.3 is 23.5 Å². The van der Waals surface area contributed by atoms with Crippen LogP contribution in [0.5, 0.6) is 0 Å². The Hall–Kier alpha value is 0.307. The molecule has 0 fully saturated rings. The van der Waals surface area contributed by atoms with Gasteiger partial charge in [0.05, 0.1) is 26.4 Å². The van der Waals surface area contributed by atoms with E-state index in [1.165, 1.54) is 89.9 Å². The van der Waals surface area contributed by atoms with Crippen molar-refractivity contribution in [2.24, 2.45) is 11.8 Å². The fourth-order valence-electron chi connectivity index (χ4n) is 5.25. The molecular formula is C30H63ClO5Si. The van der Waals surface area contributed by atoms with Gasteiger partial charge in [0.15, 0.2) is 0 Å². The van der Waals surface area contributed by atoms with E-state index in [1.807, 2.05) is 6.92 Å². The summed E-state index contributed by atoms with van der Waals surface area (Å²) in [6, 6.07) is 0.634. The van der Waals surface area contributed by atoms with E-state index in [9.17, 15) is 10.2 Å². The maximum Gasteiger partial charge on any atom is 0.501 e. The summed E-state index contributed by atoms with van der Waals surface area (Å²) >= 11 is 7.07. The summed E-state index contributed by atoms with van der Waals surface area (Å²) in [6.45, 7) is 11.5. The van der Waals surface area contributed by atoms with Crippen LogP contribution in [-0.2, 0) is 13.3 Å². The Morgan fingerprint density at radius 3 is 1.54 bits per heavy atom. The van der Waals surface area contributed by atoms with Crippen LogP contribution in [0.25, 0.3) is 0 Å². The summed E-state index contributed by atoms with van der Waals surface area (Å²) < 4.78 is 17.8. The molecule has 5 nitrogen and oxygen atoms in total. The van der Waals surface area contributed by atoms with E-state index in [0.29, 0.717) is 18.6 Å². The van der Waals surface area contributed by atoms with Crippen molar-refractivity contribution in [3.05, 3.63) is 0 Å². The lowest BCUT2D eigenvalue weighted by atomic mass is 9.84. The zero-order valence-corrected chi connectivity index (χ0v) is 27.0. The molecule has 0 aliphatic rings. The summed E-state index contributed by atoms with van der Waals surface area (Å²) in [5, 5.41) is 18.5. The summed E-state index contributed by atoms with van der Waals surface area (Å²) in [7, 11) is -2.98. The van der Waals surface area contributed by atoms with Crippen molar-refractivity contribution < 1.29 is 23.5 Å². The quantitative estimate of drug-likeness (QED) is 0.0564. The Bertz CT molecular complexity index is 487. The fourth-order valence-corrected chi connectivity index (χ4v) is 8.47. The van der Waals surface area contributed by atoms with Gasteiger partial charge in [-0.05, 0) is 38.5 Å². The van der Waals surface area contributed by atoms with Crippen molar-refractivity contribution in [1.82, 2.24) is 0 Å². The van der Waals surface area contributed by atoms with E-state index in [-0.39, 0.29) is 37.2 Å². The molecule has 0 saturated carbocycles. The normalized spacial score (nSPS) is 15.6. The monoisotopic (exact) mass is 566 g/mol. The van der Waals surface area contributed by atoms with Crippen LogP contribution >= 0.6 is 11.6 Å². The van der Waals surface area contributed by atoms with Gasteiger partial charge in [-0.15, -0.1) is 11.6 Å². The molecule has 0 aromatic rings. The predicted octanol–water partition coefficient (Wildman–Crippen LogP) is 8.51. The minimum Gasteiger partial charge on any atom is -0.394 e. The molecule has 0 bridgehead atoms. The van der Waals surface area contributed by atoms with Gasteiger partial charge in [-0.25, -0.2) is 0 Å². The number of hydrogen-bond donors (Lipinski definition) is 2. The maximum atomic E-state index is 9.26. The van der Waals surface area contributed by atoms with Gasteiger partial charge in [-0.1, -0.05) is 111 Å². The molecule has 3 atom stereocenters. The van der Waals surface area contributed by atoms with E-state index in [1.54, 1.807) is 0 Å². The SMILES string of the molecule is CCCCCCCCCCCCCCCCC(C)C(C)(Cl)CC(C)C[Si](OCC)(OCCO)OCCO. The number of alkyl halides is 1. The number of unbranched alkanes of at least 4 members (excludes halogenated alkanes) is 13. The largest absolute Gasteiger partial charge is 0.501 e. The van der Waals surface area contributed by atoms with Crippen LogP contribution < -0.4 is 0 Å². The Labute approximate surface area is 236 Å². The van der Waals surface area contributed by atoms with Crippen molar-refractivity contribution in [3.63, 3.8) is 0 Å². The van der Waals surface area contributed by atoms with Gasteiger partial charge in [0.25, 0.3) is 0 Å². The molecule has 0 aliphatic carbocycles. The van der Waals surface area contributed by atoms with E-state index < -0.39 is 8.80 Å². The first-order valence-corrected chi connectivity index (χ1v) is 17.9. The van der Waals surface area contributed by atoms with Gasteiger partial charge in [0, 0.05) is 17.5 Å². The molecule has 0 aromatic carbocycles. The minimum atomic E-state index is -2.98. The predicted molar refractivity (Wildman–Crippen MR) is 160 cm³/mol. The van der Waals surface area contributed by atoms with Crippen LogP contribution in [0.15, 0.2) is 0 Å². The molecule has 2 N–H and O–H groups in total. The summed E-state index contributed by atoms with van der Waals surface area (Å²) in [5.41, 5.74) is 0. The third kappa shape index (κ3) is 19.9. The number of aliphatic hydroxyl groups excluding tert-OH is 2. The van der Waals surface area contributed by atoms with E-state index in [2.05, 4.69) is 27.7 Å². The van der Waals surface area contributed by atoms with Gasteiger partial charge >= 0.3 is 8.80 Å². The Morgan fingerprint density at radius 2 is 1.14 bits per heavy atom. The fraction of sp³-hybridized carbons (Fsp3) is 1.00. The highest BCUT2D eigenvalue weighted by Gasteiger charge is 2.44. The average Bonchev–Trinajstić information content (AvgIpc) is 2.86. The van der Waals surface area contributed by atoms with Gasteiger partial charge in [0.1, 0.15) is 0 Å². The smallest absolute Gasteiger partial charge is 0.394 e. The van der Waals surface area contributed by atoms with Gasteiger partial charge in [0.2, 0.25) is 0 Å². The van der Waals surface area contributed by atoms with E-state index >= 15 is 0 Å². The molecule has 0 heterocycles. The lowest BCUT2D eigenvalue weighted by molar-refractivity contribution is 0.0360. The second kappa shape index (κ2) is 24.1. The first-order chi connectivity index (χ1) is 17.8. The highest BCUT2D eigenvalue weighted by molar-refractivity contribution is 6.60. The summed E-state index contributed by atoms with van der Waals surface area (Å²) in [6.07, 6.45) is 21.3. The highest BCUT2D eigenvalue weighted by Crippen LogP contribution is 2.38. The second-order valence-corrected chi connectivity index (χ2v) is 14.8. The van der Waals surface area contributed by atoms with Crippen LogP contribution in [0.1, 0.15) is 137 Å². The van der Waals surface area contributed by atoms with Crippen molar-refractivity contribution in [1.29, 1.82) is 0 Å². The standard InChI is InChI=1S/C30H63ClO5Si/c1-6-8-9-10-11-12-13-14-15-16-17-18-19-20-21-29(4)30(5,31)26-28(3)27-37(34-7-2,35-24-22-32)36-25-23-33/h28-29,32-33H,6-27H2,1-5H3. The molecular weight excluding hydrogens is 504 g/mol. The molecule has 0 aromatic heterocycles. The summed E-state index contributed by atoms with van der Waals surface area (Å²) in [5.74, 6) is 0.672. The Morgan fingerprint density at radius 1 is 0.703 bits per heavy atom. The molecule has 7 heteroatoms. The van der Waals surface area contributed by atoms with E-state index in [0.717, 1.165) is 12.8 Å². The Kier molecular flexibility index (Phi) is 24.3. The minimum absolute atomic E-state index is 0.0812. The molecule has 224 valence electrons. The molecule has 37 heavy (non-hydrogen) atoms. The van der Waals surface area contributed by atoms with Crippen LogP contribution in [0.2, 0.25) is 6.04 Å². The molecule has 0 spiro atoms. The lowest BCUT2D eigenvalue weighted by Gasteiger charge is -2.35. The van der Waals surface area contributed by atoms with Crippen LogP contribution in [0.3, 0.4) is 0 Å². The third-order valence-electron chi connectivity index (χ3n) is 7.56. The topological polar surface area (TPSA) is 68.2 Å². The molecule has 0 radical (unpaired) electrons. The third-order valence-corrected chi connectivity index (χ3v) is 11.3. The first kappa shape index (κ1) is 37.3. The van der Waals surface area contributed by atoms with Crippen molar-refractivity contribution >= 4 is 20.4 Å². The highest BCUT2D eigenvalue weighted by atomic mass is 35.5. The summed E-state index contributed by atoms with van der Waals surface area (Å²) in [4.78, 5) is -0.295. The molecule has 0 saturated heterocycles. The second-order valence-electron chi connectivity index (χ2n) is 11.3. The van der Waals surface area contributed by atoms with Crippen molar-refractivity contribution in [2.45, 2.75) is 148 Å².